The van der Waals surface area contributed by atoms with Gasteiger partial charge in [-0.05, 0) is 52.6 Å². The predicted molar refractivity (Wildman–Crippen MR) is 166 cm³/mol. The Labute approximate surface area is 252 Å². The molecule has 0 aromatic heterocycles. The highest BCUT2D eigenvalue weighted by atomic mass is 35.5. The van der Waals surface area contributed by atoms with Crippen molar-refractivity contribution in [2.24, 2.45) is 0 Å². The maximum absolute atomic E-state index is 13.3. The fraction of sp³-hybridized carbons (Fsp3) is 0.0938. The summed E-state index contributed by atoms with van der Waals surface area (Å²) in [6, 6.07) is 29.8. The lowest BCUT2D eigenvalue weighted by atomic mass is 10.0. The number of halogens is 2. The minimum atomic E-state index is -1.18. The second-order valence-electron chi connectivity index (χ2n) is 8.99. The lowest BCUT2D eigenvalue weighted by molar-refractivity contribution is -0.140. The number of aliphatic carboxylic acids is 1. The molecule has 3 N–H and O–H groups in total. The van der Waals surface area contributed by atoms with Crippen LogP contribution >= 0.6 is 35.0 Å². The third kappa shape index (κ3) is 8.72. The Morgan fingerprint density at radius 3 is 2.07 bits per heavy atom. The van der Waals surface area contributed by atoms with E-state index in [-0.39, 0.29) is 16.5 Å². The fourth-order valence-electron chi connectivity index (χ4n) is 3.85. The molecular formula is C32H26Cl2N2O4S. The van der Waals surface area contributed by atoms with Crippen molar-refractivity contribution in [2.75, 3.05) is 5.75 Å². The van der Waals surface area contributed by atoms with E-state index in [1.54, 1.807) is 30.3 Å². The Morgan fingerprint density at radius 1 is 0.805 bits per heavy atom. The number of benzene rings is 4. The zero-order chi connectivity index (χ0) is 29.2. The van der Waals surface area contributed by atoms with Crippen LogP contribution < -0.4 is 10.6 Å². The zero-order valence-electron chi connectivity index (χ0n) is 21.7. The second kappa shape index (κ2) is 14.6. The highest BCUT2D eigenvalue weighted by Crippen LogP contribution is 2.24. The lowest BCUT2D eigenvalue weighted by Crippen LogP contribution is -2.45. The van der Waals surface area contributed by atoms with E-state index in [0.29, 0.717) is 21.9 Å². The molecule has 0 radical (unpaired) electrons. The van der Waals surface area contributed by atoms with Gasteiger partial charge in [0.1, 0.15) is 11.7 Å². The minimum absolute atomic E-state index is 0.130. The van der Waals surface area contributed by atoms with Crippen LogP contribution in [0.1, 0.15) is 21.5 Å². The molecule has 9 heteroatoms. The standard InChI is InChI=1S/C32H26Cl2N2O4S/c33-26-16-11-22(17-27(26)34)18-28(31(38)36-29(32(39)40)20-41-19-21-7-3-1-4-8-21)35-30(37)25-14-12-24(13-15-25)23-9-5-2-6-10-23/h1-18,29H,19-20H2,(H,35,37)(H,36,38)(H,39,40)/t29-/m0/s1. The molecule has 41 heavy (non-hydrogen) atoms. The van der Waals surface area contributed by atoms with Crippen molar-refractivity contribution < 1.29 is 19.5 Å². The van der Waals surface area contributed by atoms with Crippen molar-refractivity contribution in [1.29, 1.82) is 0 Å². The van der Waals surface area contributed by atoms with E-state index in [1.807, 2.05) is 72.8 Å². The van der Waals surface area contributed by atoms with Crippen LogP contribution in [-0.2, 0) is 15.3 Å². The maximum atomic E-state index is 13.3. The summed E-state index contributed by atoms with van der Waals surface area (Å²) in [6.07, 6.45) is 1.42. The first-order valence-corrected chi connectivity index (χ1v) is 14.5. The Bertz CT molecular complexity index is 1550. The molecule has 0 heterocycles. The van der Waals surface area contributed by atoms with Gasteiger partial charge < -0.3 is 15.7 Å². The Morgan fingerprint density at radius 2 is 1.44 bits per heavy atom. The van der Waals surface area contributed by atoms with E-state index in [1.165, 1.54) is 17.8 Å². The monoisotopic (exact) mass is 604 g/mol. The molecule has 0 bridgehead atoms. The topological polar surface area (TPSA) is 95.5 Å². The summed E-state index contributed by atoms with van der Waals surface area (Å²) in [6.45, 7) is 0. The van der Waals surface area contributed by atoms with E-state index in [2.05, 4.69) is 10.6 Å². The van der Waals surface area contributed by atoms with E-state index < -0.39 is 23.8 Å². The Kier molecular flexibility index (Phi) is 10.6. The molecule has 2 amide bonds. The molecule has 4 aromatic rings. The molecule has 0 aliphatic heterocycles. The third-order valence-corrected chi connectivity index (χ3v) is 7.85. The molecule has 0 unspecified atom stereocenters. The number of hydrogen-bond donors (Lipinski definition) is 3. The number of carboxylic acids is 1. The number of rotatable bonds is 11. The molecule has 0 aliphatic carbocycles. The Hall–Kier alpha value is -4.04. The third-order valence-electron chi connectivity index (χ3n) is 6.00. The maximum Gasteiger partial charge on any atom is 0.327 e. The van der Waals surface area contributed by atoms with Crippen molar-refractivity contribution in [1.82, 2.24) is 10.6 Å². The van der Waals surface area contributed by atoms with Crippen LogP contribution in [0.15, 0.2) is 109 Å². The van der Waals surface area contributed by atoms with Gasteiger partial charge in [-0.15, -0.1) is 0 Å². The summed E-state index contributed by atoms with van der Waals surface area (Å²) in [5.41, 5.74) is 3.66. The molecular weight excluding hydrogens is 579 g/mol. The van der Waals surface area contributed by atoms with Crippen molar-refractivity contribution in [3.63, 3.8) is 0 Å². The van der Waals surface area contributed by atoms with E-state index in [9.17, 15) is 19.5 Å². The van der Waals surface area contributed by atoms with Crippen LogP contribution in [0.5, 0.6) is 0 Å². The van der Waals surface area contributed by atoms with Crippen LogP contribution in [0.3, 0.4) is 0 Å². The van der Waals surface area contributed by atoms with Gasteiger partial charge in [0, 0.05) is 17.1 Å². The number of carbonyl (C=O) groups is 3. The van der Waals surface area contributed by atoms with Gasteiger partial charge in [-0.2, -0.15) is 11.8 Å². The molecule has 1 atom stereocenters. The van der Waals surface area contributed by atoms with E-state index >= 15 is 0 Å². The largest absolute Gasteiger partial charge is 0.480 e. The van der Waals surface area contributed by atoms with Crippen LogP contribution in [0.4, 0.5) is 0 Å². The summed E-state index contributed by atoms with van der Waals surface area (Å²) in [5, 5.41) is 15.5. The number of amides is 2. The summed E-state index contributed by atoms with van der Waals surface area (Å²) in [7, 11) is 0. The summed E-state index contributed by atoms with van der Waals surface area (Å²) < 4.78 is 0. The smallest absolute Gasteiger partial charge is 0.327 e. The van der Waals surface area contributed by atoms with Crippen LogP contribution in [0.25, 0.3) is 17.2 Å². The van der Waals surface area contributed by atoms with E-state index in [0.717, 1.165) is 16.7 Å². The van der Waals surface area contributed by atoms with Gasteiger partial charge >= 0.3 is 5.97 Å². The molecule has 0 spiro atoms. The first-order chi connectivity index (χ1) is 19.8. The van der Waals surface area contributed by atoms with Gasteiger partial charge in [-0.1, -0.05) is 102 Å². The number of nitrogens with one attached hydrogen (secondary N) is 2. The van der Waals surface area contributed by atoms with Gasteiger partial charge in [0.2, 0.25) is 0 Å². The molecule has 6 nitrogen and oxygen atoms in total. The fourth-order valence-corrected chi connectivity index (χ4v) is 5.16. The van der Waals surface area contributed by atoms with Gasteiger partial charge in [-0.3, -0.25) is 9.59 Å². The molecule has 0 aliphatic rings. The van der Waals surface area contributed by atoms with Gasteiger partial charge in [0.25, 0.3) is 11.8 Å². The van der Waals surface area contributed by atoms with Crippen molar-refractivity contribution in [3.05, 3.63) is 136 Å². The number of hydrogen-bond acceptors (Lipinski definition) is 4. The molecule has 4 aromatic carbocycles. The van der Waals surface area contributed by atoms with Crippen LogP contribution in [-0.4, -0.2) is 34.7 Å². The average Bonchev–Trinajstić information content (AvgIpc) is 2.99. The van der Waals surface area contributed by atoms with Gasteiger partial charge in [0.05, 0.1) is 10.0 Å². The van der Waals surface area contributed by atoms with Crippen molar-refractivity contribution in [3.8, 4) is 11.1 Å². The van der Waals surface area contributed by atoms with Crippen molar-refractivity contribution >= 4 is 58.8 Å². The molecule has 0 saturated carbocycles. The quantitative estimate of drug-likeness (QED) is 0.161. The number of carboxylic acid groups (broad SMARTS) is 1. The normalized spacial score (nSPS) is 11.9. The summed E-state index contributed by atoms with van der Waals surface area (Å²) >= 11 is 13.6. The highest BCUT2D eigenvalue weighted by Gasteiger charge is 2.23. The first-order valence-electron chi connectivity index (χ1n) is 12.6. The van der Waals surface area contributed by atoms with E-state index in [4.69, 9.17) is 23.2 Å². The number of thioether (sulfide) groups is 1. The van der Waals surface area contributed by atoms with Crippen molar-refractivity contribution in [2.45, 2.75) is 11.8 Å². The van der Waals surface area contributed by atoms with Gasteiger partial charge in [0.15, 0.2) is 0 Å². The molecule has 0 fully saturated rings. The van der Waals surface area contributed by atoms with Gasteiger partial charge in [-0.25, -0.2) is 4.79 Å². The SMILES string of the molecule is O=C(N[C@@H](CSCc1ccccc1)C(=O)O)C(=Cc1ccc(Cl)c(Cl)c1)NC(=O)c1ccc(-c2ccccc2)cc1. The predicted octanol–water partition coefficient (Wildman–Crippen LogP) is 6.93. The zero-order valence-corrected chi connectivity index (χ0v) is 24.0. The first kappa shape index (κ1) is 29.9. The summed E-state index contributed by atoms with van der Waals surface area (Å²) in [4.78, 5) is 38.5. The van der Waals surface area contributed by atoms with Crippen LogP contribution in [0, 0.1) is 0 Å². The summed E-state index contributed by atoms with van der Waals surface area (Å²) in [5.74, 6) is -1.75. The average molecular weight is 606 g/mol. The molecule has 4 rings (SSSR count). The lowest BCUT2D eigenvalue weighted by Gasteiger charge is -2.17. The minimum Gasteiger partial charge on any atom is -0.480 e. The molecule has 208 valence electrons. The van der Waals surface area contributed by atoms with Crippen LogP contribution in [0.2, 0.25) is 10.0 Å². The number of carbonyl (C=O) groups excluding carboxylic acids is 2. The molecule has 0 saturated heterocycles. The highest BCUT2D eigenvalue weighted by molar-refractivity contribution is 7.98. The second-order valence-corrected chi connectivity index (χ2v) is 10.8. The Balaban J connectivity index is 1.52.